The Balaban J connectivity index is 2.87. The molecule has 2 rings (SSSR count). The summed E-state index contributed by atoms with van der Waals surface area (Å²) in [6, 6.07) is -3.04. The summed E-state index contributed by atoms with van der Waals surface area (Å²) < 4.78 is 69.4. The van der Waals surface area contributed by atoms with Gasteiger partial charge in [0.05, 0.1) is 6.85 Å². The highest BCUT2D eigenvalue weighted by atomic mass is 35.5. The second-order valence-corrected chi connectivity index (χ2v) is 3.69. The lowest BCUT2D eigenvalue weighted by atomic mass is 9.75. The molecule has 0 aliphatic heterocycles. The number of rotatable bonds is 1. The van der Waals surface area contributed by atoms with E-state index in [9.17, 15) is 9.90 Å². The number of carbonyl (C=O) groups is 1. The molecule has 1 saturated carbocycles. The Labute approximate surface area is 112 Å². The maximum absolute atomic E-state index is 12.6. The van der Waals surface area contributed by atoms with Crippen LogP contribution in [0.3, 0.4) is 0 Å². The zero-order chi connectivity index (χ0) is 19.7. The van der Waals surface area contributed by atoms with Crippen LogP contribution in [0.4, 0.5) is 0 Å². The van der Waals surface area contributed by atoms with Gasteiger partial charge in [0.15, 0.2) is 5.78 Å². The van der Waals surface area contributed by atoms with E-state index in [1.165, 1.54) is 0 Å². The van der Waals surface area contributed by atoms with Crippen LogP contribution in [-0.4, -0.2) is 17.0 Å². The number of aliphatic hydroxyl groups is 1. The number of Topliss-reactive ketones (excluding diaryl/α,β-unsaturated/α-hetero) is 1. The second kappa shape index (κ2) is 4.17. The van der Waals surface area contributed by atoms with Crippen molar-refractivity contribution in [1.29, 1.82) is 0 Å². The molecule has 86 valence electrons. The molecule has 3 N–H and O–H groups in total. The van der Waals surface area contributed by atoms with Crippen LogP contribution in [0, 0.1) is 0 Å². The lowest BCUT2D eigenvalue weighted by Crippen LogP contribution is -2.52. The zero-order valence-electron chi connectivity index (χ0n) is 17.0. The number of carbonyl (C=O) groups excluding carboxylic acids is 1. The number of hydrogen-bond acceptors (Lipinski definition) is 3. The van der Waals surface area contributed by atoms with Crippen molar-refractivity contribution in [3.05, 3.63) is 34.8 Å². The number of benzene rings is 1. The lowest BCUT2D eigenvalue weighted by molar-refractivity contribution is -0.136. The first-order chi connectivity index (χ1) is 11.0. The molecule has 0 heterocycles. The van der Waals surface area contributed by atoms with Gasteiger partial charge in [-0.25, -0.2) is 0 Å². The summed E-state index contributed by atoms with van der Waals surface area (Å²) in [5.74, 6) is -1.65. The maximum atomic E-state index is 12.6. The number of halogens is 1. The van der Waals surface area contributed by atoms with Crippen molar-refractivity contribution in [3.8, 4) is 0 Å². The van der Waals surface area contributed by atoms with E-state index in [1.807, 2.05) is 0 Å². The van der Waals surface area contributed by atoms with Gasteiger partial charge in [0.25, 0.3) is 0 Å². The smallest absolute Gasteiger partial charge is 0.185 e. The van der Waals surface area contributed by atoms with Crippen LogP contribution >= 0.6 is 11.6 Å². The van der Waals surface area contributed by atoms with Crippen LogP contribution in [0.1, 0.15) is 37.1 Å². The highest BCUT2D eigenvalue weighted by molar-refractivity contribution is 6.31. The Bertz CT molecular complexity index is 753. The van der Waals surface area contributed by atoms with Gasteiger partial charge in [0.2, 0.25) is 0 Å². The van der Waals surface area contributed by atoms with E-state index in [0.717, 1.165) is 0 Å². The minimum Gasteiger partial charge on any atom is -0.385 e. The van der Waals surface area contributed by atoms with Crippen LogP contribution in [0.25, 0.3) is 0 Å². The van der Waals surface area contributed by atoms with E-state index in [1.54, 1.807) is 0 Å². The van der Waals surface area contributed by atoms with Crippen molar-refractivity contribution in [2.45, 2.75) is 30.8 Å². The molecule has 1 aliphatic rings. The molecule has 16 heavy (non-hydrogen) atoms. The largest absolute Gasteiger partial charge is 0.385 e. The average molecular weight is 249 g/mol. The van der Waals surface area contributed by atoms with Crippen molar-refractivity contribution in [2.24, 2.45) is 5.73 Å². The number of ketones is 1. The first-order valence-electron chi connectivity index (χ1n) is 8.86. The third-order valence-corrected chi connectivity index (χ3v) is 2.57. The minimum absolute atomic E-state index is 0.657. The Morgan fingerprint density at radius 1 is 1.69 bits per heavy atom. The predicted octanol–water partition coefficient (Wildman–Crippen LogP) is 1.61. The maximum Gasteiger partial charge on any atom is 0.185 e. The van der Waals surface area contributed by atoms with Crippen LogP contribution in [0.2, 0.25) is 5.02 Å². The molecule has 0 bridgehead atoms. The Kier molecular flexibility index (Phi) is 1.24. The van der Waals surface area contributed by atoms with Gasteiger partial charge in [-0.15, -0.1) is 0 Å². The van der Waals surface area contributed by atoms with Crippen molar-refractivity contribution in [2.75, 3.05) is 0 Å². The molecule has 2 atom stereocenters. The third-order valence-electron chi connectivity index (χ3n) is 2.28. The Hall–Kier alpha value is -0.900. The highest BCUT2D eigenvalue weighted by Crippen LogP contribution is 2.35. The topological polar surface area (TPSA) is 63.3 Å². The van der Waals surface area contributed by atoms with Crippen molar-refractivity contribution in [3.63, 3.8) is 0 Å². The molecule has 0 spiro atoms. The molecule has 0 saturated heterocycles. The molecule has 1 fully saturated rings. The van der Waals surface area contributed by atoms with Gasteiger partial charge in [-0.3, -0.25) is 4.79 Å². The fraction of sp³-hybridized carbons (Fsp3) is 0.417. The van der Waals surface area contributed by atoms with Crippen LogP contribution < -0.4 is 5.73 Å². The Morgan fingerprint density at radius 3 is 3.12 bits per heavy atom. The first-order valence-corrected chi connectivity index (χ1v) is 4.74. The van der Waals surface area contributed by atoms with Gasteiger partial charge in [0, 0.05) is 10.5 Å². The van der Waals surface area contributed by atoms with Crippen molar-refractivity contribution >= 4 is 17.4 Å². The molecule has 0 radical (unpaired) electrons. The summed E-state index contributed by atoms with van der Waals surface area (Å²) in [5, 5.41) is 9.41. The monoisotopic (exact) mass is 248 g/mol. The number of nitrogens with two attached hydrogens (primary N) is 1. The highest BCUT2D eigenvalue weighted by Gasteiger charge is 2.43. The quantitative estimate of drug-likeness (QED) is 0.794. The molecule has 1 aliphatic carbocycles. The van der Waals surface area contributed by atoms with Crippen LogP contribution in [0.15, 0.2) is 24.2 Å². The fourth-order valence-corrected chi connectivity index (χ4v) is 1.69. The standard InChI is InChI=1S/C12H14ClNO2/c13-9-5-2-1-4-8(9)12(14)7-3-6-10(15)11(12)16/h1-2,4-5,10,15H,3,6-7,14H2/i1D,2D,3D2,4D,5D,6D2,10D. The second-order valence-electron chi connectivity index (χ2n) is 3.32. The summed E-state index contributed by atoms with van der Waals surface area (Å²) in [6.45, 7) is 0. The molecule has 4 heteroatoms. The molecule has 0 aromatic heterocycles. The van der Waals surface area contributed by atoms with E-state index in [0.29, 0.717) is 0 Å². The van der Waals surface area contributed by atoms with Gasteiger partial charge in [-0.2, -0.15) is 0 Å². The van der Waals surface area contributed by atoms with E-state index < -0.39 is 71.3 Å². The molecule has 2 unspecified atom stereocenters. The van der Waals surface area contributed by atoms with Gasteiger partial charge in [0.1, 0.15) is 11.6 Å². The van der Waals surface area contributed by atoms with Crippen LogP contribution in [-0.2, 0) is 10.3 Å². The summed E-state index contributed by atoms with van der Waals surface area (Å²) in [6.07, 6.45) is -10.9. The van der Waals surface area contributed by atoms with Crippen molar-refractivity contribution in [1.82, 2.24) is 0 Å². The molecule has 3 nitrogen and oxygen atoms in total. The molecular formula is C12H14ClNO2. The zero-order valence-corrected chi connectivity index (χ0v) is 8.77. The molecule has 1 aromatic carbocycles. The van der Waals surface area contributed by atoms with E-state index >= 15 is 0 Å². The Morgan fingerprint density at radius 2 is 2.38 bits per heavy atom. The van der Waals surface area contributed by atoms with Crippen molar-refractivity contribution < 1.29 is 22.2 Å². The van der Waals surface area contributed by atoms with E-state index in [-0.39, 0.29) is 0 Å². The summed E-state index contributed by atoms with van der Waals surface area (Å²) in [7, 11) is 0. The summed E-state index contributed by atoms with van der Waals surface area (Å²) in [5.41, 5.74) is 2.61. The normalized spacial score (nSPS) is 49.4. The fourth-order valence-electron chi connectivity index (χ4n) is 1.42. The number of hydrogen-bond donors (Lipinski definition) is 2. The minimum atomic E-state index is -3.59. The van der Waals surface area contributed by atoms with Gasteiger partial charge >= 0.3 is 0 Å². The summed E-state index contributed by atoms with van der Waals surface area (Å²) in [4.78, 5) is 12.6. The predicted molar refractivity (Wildman–Crippen MR) is 62.2 cm³/mol. The molecular weight excluding hydrogens is 226 g/mol. The molecule has 1 aromatic rings. The van der Waals surface area contributed by atoms with Gasteiger partial charge in [-0.05, 0) is 30.8 Å². The summed E-state index contributed by atoms with van der Waals surface area (Å²) >= 11 is 5.92. The third kappa shape index (κ3) is 1.75. The van der Waals surface area contributed by atoms with E-state index in [2.05, 4.69) is 0 Å². The van der Waals surface area contributed by atoms with Gasteiger partial charge in [-0.1, -0.05) is 29.7 Å². The van der Waals surface area contributed by atoms with E-state index in [4.69, 9.17) is 29.7 Å². The SMILES string of the molecule is [2H]c1c([2H])c([2H])c(C2(N)CC([2H])([2H])C([2H])([2H])C([2H])(O)C2=O)c(Cl)c1[2H]. The average Bonchev–Trinajstić information content (AvgIpc) is 2.48. The van der Waals surface area contributed by atoms with Gasteiger partial charge < -0.3 is 10.8 Å². The van der Waals surface area contributed by atoms with Crippen LogP contribution in [0.5, 0.6) is 0 Å². The first kappa shape index (κ1) is 4.77. The molecule has 0 amide bonds. The lowest BCUT2D eigenvalue weighted by Gasteiger charge is -2.35.